The summed E-state index contributed by atoms with van der Waals surface area (Å²) in [6.45, 7) is 6.04. The van der Waals surface area contributed by atoms with Gasteiger partial charge in [0.25, 0.3) is 0 Å². The zero-order chi connectivity index (χ0) is 11.5. The molecule has 1 fully saturated rings. The van der Waals surface area contributed by atoms with Gasteiger partial charge in [0.1, 0.15) is 11.7 Å². The fourth-order valence-electron chi connectivity index (χ4n) is 1.27. The first-order chi connectivity index (χ1) is 7.00. The predicted molar refractivity (Wildman–Crippen MR) is 53.9 cm³/mol. The highest BCUT2D eigenvalue weighted by molar-refractivity contribution is 5.88. The lowest BCUT2D eigenvalue weighted by Crippen LogP contribution is -2.28. The number of methoxy groups -OCH3 is 1. The Morgan fingerprint density at radius 3 is 2.80 bits per heavy atom. The Morgan fingerprint density at radius 1 is 1.80 bits per heavy atom. The standard InChI is InChI=1S/C11H14O4/c1-8(2)6-11(7-15-11)9(12)4-5-10(13)14-3/h9,12H,1,6-7H2,2-3H3/t9-,11-/m1/s1. The number of esters is 1. The molecule has 0 bridgehead atoms. The van der Waals surface area contributed by atoms with E-state index in [9.17, 15) is 9.90 Å². The van der Waals surface area contributed by atoms with Crippen LogP contribution in [0, 0.1) is 11.8 Å². The lowest BCUT2D eigenvalue weighted by molar-refractivity contribution is -0.133. The molecule has 82 valence electrons. The second kappa shape index (κ2) is 4.47. The average molecular weight is 210 g/mol. The van der Waals surface area contributed by atoms with E-state index in [4.69, 9.17) is 4.74 Å². The van der Waals surface area contributed by atoms with Crippen molar-refractivity contribution in [3.8, 4) is 11.8 Å². The molecule has 4 heteroatoms. The van der Waals surface area contributed by atoms with Crippen LogP contribution in [-0.2, 0) is 14.3 Å². The maximum Gasteiger partial charge on any atom is 0.384 e. The molecule has 1 aliphatic heterocycles. The van der Waals surface area contributed by atoms with Gasteiger partial charge in [-0.3, -0.25) is 0 Å². The molecule has 0 spiro atoms. The van der Waals surface area contributed by atoms with E-state index in [1.54, 1.807) is 0 Å². The molecular weight excluding hydrogens is 196 g/mol. The van der Waals surface area contributed by atoms with Crippen LogP contribution in [0.5, 0.6) is 0 Å². The molecule has 0 aliphatic carbocycles. The number of carbonyl (C=O) groups is 1. The molecule has 0 amide bonds. The van der Waals surface area contributed by atoms with Crippen LogP contribution in [0.4, 0.5) is 0 Å². The van der Waals surface area contributed by atoms with Gasteiger partial charge < -0.3 is 14.6 Å². The van der Waals surface area contributed by atoms with E-state index in [2.05, 4.69) is 23.2 Å². The van der Waals surface area contributed by atoms with Gasteiger partial charge in [-0.1, -0.05) is 11.5 Å². The first-order valence-electron chi connectivity index (χ1n) is 4.56. The minimum Gasteiger partial charge on any atom is -0.459 e. The van der Waals surface area contributed by atoms with Crippen LogP contribution in [0.2, 0.25) is 0 Å². The number of epoxide rings is 1. The Kier molecular flexibility index (Phi) is 3.51. The molecule has 0 radical (unpaired) electrons. The van der Waals surface area contributed by atoms with Crippen molar-refractivity contribution in [3.63, 3.8) is 0 Å². The maximum absolute atomic E-state index is 10.7. The number of aliphatic hydroxyl groups is 1. The number of hydrogen-bond acceptors (Lipinski definition) is 4. The van der Waals surface area contributed by atoms with E-state index in [1.165, 1.54) is 7.11 Å². The SMILES string of the molecule is C=C(C)C[C@]1([C@H](O)C#CC(=O)OC)CO1. The Morgan fingerprint density at radius 2 is 2.40 bits per heavy atom. The third-order valence-corrected chi connectivity index (χ3v) is 2.11. The van der Waals surface area contributed by atoms with Crippen molar-refractivity contribution in [1.82, 2.24) is 0 Å². The average Bonchev–Trinajstić information content (AvgIpc) is 2.93. The largest absolute Gasteiger partial charge is 0.459 e. The van der Waals surface area contributed by atoms with Crippen molar-refractivity contribution in [3.05, 3.63) is 12.2 Å². The van der Waals surface area contributed by atoms with Crippen LogP contribution in [0.25, 0.3) is 0 Å². The fraction of sp³-hybridized carbons (Fsp3) is 0.545. The maximum atomic E-state index is 10.7. The van der Waals surface area contributed by atoms with Gasteiger partial charge in [-0.25, -0.2) is 4.79 Å². The smallest absolute Gasteiger partial charge is 0.384 e. The summed E-state index contributed by atoms with van der Waals surface area (Å²) in [4.78, 5) is 10.7. The van der Waals surface area contributed by atoms with Crippen molar-refractivity contribution in [2.75, 3.05) is 13.7 Å². The van der Waals surface area contributed by atoms with Crippen LogP contribution in [0.1, 0.15) is 13.3 Å². The molecular formula is C11H14O4. The van der Waals surface area contributed by atoms with E-state index in [1.807, 2.05) is 6.92 Å². The summed E-state index contributed by atoms with van der Waals surface area (Å²) in [7, 11) is 1.24. The molecule has 0 aromatic rings. The number of aliphatic hydroxyl groups excluding tert-OH is 1. The second-order valence-electron chi connectivity index (χ2n) is 3.65. The van der Waals surface area contributed by atoms with Gasteiger partial charge in [-0.15, -0.1) is 6.58 Å². The highest BCUT2D eigenvalue weighted by Crippen LogP contribution is 2.36. The van der Waals surface area contributed by atoms with Gasteiger partial charge in [-0.2, -0.15) is 0 Å². The Balaban J connectivity index is 2.59. The lowest BCUT2D eigenvalue weighted by Gasteiger charge is -2.13. The van der Waals surface area contributed by atoms with Gasteiger partial charge >= 0.3 is 5.97 Å². The van der Waals surface area contributed by atoms with E-state index in [-0.39, 0.29) is 0 Å². The third-order valence-electron chi connectivity index (χ3n) is 2.11. The fourth-order valence-corrected chi connectivity index (χ4v) is 1.27. The Hall–Kier alpha value is -1.31. The zero-order valence-electron chi connectivity index (χ0n) is 8.87. The first kappa shape index (κ1) is 11.8. The highest BCUT2D eigenvalue weighted by atomic mass is 16.6. The molecule has 2 atom stereocenters. The third kappa shape index (κ3) is 3.08. The number of hydrogen-bond donors (Lipinski definition) is 1. The first-order valence-corrected chi connectivity index (χ1v) is 4.56. The quantitative estimate of drug-likeness (QED) is 0.239. The molecule has 1 N–H and O–H groups in total. The van der Waals surface area contributed by atoms with Gasteiger partial charge in [0, 0.05) is 12.3 Å². The minimum atomic E-state index is -0.978. The normalized spacial score (nSPS) is 24.7. The van der Waals surface area contributed by atoms with Gasteiger partial charge in [0.05, 0.1) is 13.7 Å². The molecule has 1 saturated heterocycles. The van der Waals surface area contributed by atoms with Crippen molar-refractivity contribution in [2.24, 2.45) is 0 Å². The van der Waals surface area contributed by atoms with Crippen LogP contribution in [0.3, 0.4) is 0 Å². The molecule has 1 rings (SSSR count). The Labute approximate surface area is 88.9 Å². The highest BCUT2D eigenvalue weighted by Gasteiger charge is 2.50. The molecule has 1 aliphatic rings. The molecule has 0 unspecified atom stereocenters. The van der Waals surface area contributed by atoms with E-state index >= 15 is 0 Å². The van der Waals surface area contributed by atoms with E-state index in [0.717, 1.165) is 5.57 Å². The van der Waals surface area contributed by atoms with Gasteiger partial charge in [-0.05, 0) is 6.92 Å². The molecule has 1 heterocycles. The van der Waals surface area contributed by atoms with Crippen molar-refractivity contribution >= 4 is 5.97 Å². The second-order valence-corrected chi connectivity index (χ2v) is 3.65. The lowest BCUT2D eigenvalue weighted by atomic mass is 9.96. The van der Waals surface area contributed by atoms with E-state index < -0.39 is 17.7 Å². The molecule has 4 nitrogen and oxygen atoms in total. The summed E-state index contributed by atoms with van der Waals surface area (Å²) in [5.74, 6) is 3.92. The summed E-state index contributed by atoms with van der Waals surface area (Å²) < 4.78 is 9.50. The molecule has 0 aromatic heterocycles. The summed E-state index contributed by atoms with van der Waals surface area (Å²) >= 11 is 0. The van der Waals surface area contributed by atoms with Crippen molar-refractivity contribution in [2.45, 2.75) is 25.0 Å². The summed E-state index contributed by atoms with van der Waals surface area (Å²) in [6, 6.07) is 0. The van der Waals surface area contributed by atoms with Crippen molar-refractivity contribution < 1.29 is 19.4 Å². The zero-order valence-corrected chi connectivity index (χ0v) is 8.87. The van der Waals surface area contributed by atoms with Crippen LogP contribution < -0.4 is 0 Å². The van der Waals surface area contributed by atoms with Crippen LogP contribution in [-0.4, -0.2) is 36.5 Å². The molecule has 0 aromatic carbocycles. The van der Waals surface area contributed by atoms with Gasteiger partial charge in [0.2, 0.25) is 0 Å². The predicted octanol–water partition coefficient (Wildman–Crippen LogP) is 0.259. The topological polar surface area (TPSA) is 59.1 Å². The van der Waals surface area contributed by atoms with Crippen molar-refractivity contribution in [1.29, 1.82) is 0 Å². The number of rotatable bonds is 3. The number of carbonyl (C=O) groups excluding carboxylic acids is 1. The monoisotopic (exact) mass is 210 g/mol. The summed E-state index contributed by atoms with van der Waals surface area (Å²) in [5.41, 5.74) is 0.249. The molecule has 15 heavy (non-hydrogen) atoms. The molecule has 0 saturated carbocycles. The van der Waals surface area contributed by atoms with E-state index in [0.29, 0.717) is 13.0 Å². The van der Waals surface area contributed by atoms with Crippen LogP contribution in [0.15, 0.2) is 12.2 Å². The Bertz CT molecular complexity index is 330. The number of ether oxygens (including phenoxy) is 2. The van der Waals surface area contributed by atoms with Crippen LogP contribution >= 0.6 is 0 Å². The minimum absolute atomic E-state index is 0.441. The summed E-state index contributed by atoms with van der Waals surface area (Å²) in [6.07, 6.45) is -0.433. The summed E-state index contributed by atoms with van der Waals surface area (Å²) in [5, 5.41) is 9.69. The van der Waals surface area contributed by atoms with Gasteiger partial charge in [0.15, 0.2) is 0 Å².